The molecule has 1 aliphatic rings. The Bertz CT molecular complexity index is 723. The van der Waals surface area contributed by atoms with Gasteiger partial charge in [0.1, 0.15) is 0 Å². The van der Waals surface area contributed by atoms with E-state index < -0.39 is 0 Å². The van der Waals surface area contributed by atoms with E-state index in [4.69, 9.17) is 4.99 Å². The molecule has 1 fully saturated rings. The van der Waals surface area contributed by atoms with Gasteiger partial charge in [0.15, 0.2) is 5.96 Å². The SMILES string of the molecule is CCNC(=NCc1sc(C)nc1C)N1CCC(c2cnn(C)c2)C1.I. The molecule has 2 aromatic heterocycles. The van der Waals surface area contributed by atoms with Crippen LogP contribution in [-0.2, 0) is 13.6 Å². The zero-order chi connectivity index (χ0) is 17.1. The Labute approximate surface area is 170 Å². The fourth-order valence-electron chi connectivity index (χ4n) is 3.17. The van der Waals surface area contributed by atoms with Gasteiger partial charge in [0.2, 0.25) is 0 Å². The van der Waals surface area contributed by atoms with Gasteiger partial charge >= 0.3 is 0 Å². The average molecular weight is 474 g/mol. The highest BCUT2D eigenvalue weighted by molar-refractivity contribution is 14.0. The van der Waals surface area contributed by atoms with Gasteiger partial charge in [-0.15, -0.1) is 35.3 Å². The van der Waals surface area contributed by atoms with Gasteiger partial charge in [0.05, 0.1) is 23.4 Å². The maximum atomic E-state index is 4.85. The molecule has 0 aromatic carbocycles. The summed E-state index contributed by atoms with van der Waals surface area (Å²) in [5.74, 6) is 1.55. The van der Waals surface area contributed by atoms with E-state index in [2.05, 4.69) is 47.3 Å². The molecule has 138 valence electrons. The molecule has 1 unspecified atom stereocenters. The molecular formula is C17H27IN6S. The first-order chi connectivity index (χ1) is 11.6. The van der Waals surface area contributed by atoms with Crippen LogP contribution in [0, 0.1) is 13.8 Å². The lowest BCUT2D eigenvalue weighted by atomic mass is 10.0. The predicted molar refractivity (Wildman–Crippen MR) is 114 cm³/mol. The Morgan fingerprint density at radius 3 is 2.84 bits per heavy atom. The number of hydrogen-bond donors (Lipinski definition) is 1. The smallest absolute Gasteiger partial charge is 0.194 e. The summed E-state index contributed by atoms with van der Waals surface area (Å²) >= 11 is 1.74. The summed E-state index contributed by atoms with van der Waals surface area (Å²) in [4.78, 5) is 13.0. The van der Waals surface area contributed by atoms with Crippen molar-refractivity contribution in [3.8, 4) is 0 Å². The molecule has 0 spiro atoms. The lowest BCUT2D eigenvalue weighted by Crippen LogP contribution is -2.40. The monoisotopic (exact) mass is 474 g/mol. The molecule has 0 aliphatic carbocycles. The molecule has 2 aromatic rings. The highest BCUT2D eigenvalue weighted by atomic mass is 127. The zero-order valence-electron chi connectivity index (χ0n) is 15.3. The van der Waals surface area contributed by atoms with Gasteiger partial charge in [0, 0.05) is 43.7 Å². The Kier molecular flexibility index (Phi) is 7.24. The second kappa shape index (κ2) is 8.98. The first-order valence-electron chi connectivity index (χ1n) is 8.51. The molecule has 0 radical (unpaired) electrons. The highest BCUT2D eigenvalue weighted by Crippen LogP contribution is 2.27. The number of nitrogens with one attached hydrogen (secondary N) is 1. The minimum absolute atomic E-state index is 0. The number of nitrogens with zero attached hydrogens (tertiary/aromatic N) is 5. The first-order valence-corrected chi connectivity index (χ1v) is 9.33. The molecule has 3 rings (SSSR count). The van der Waals surface area contributed by atoms with Crippen molar-refractivity contribution in [3.63, 3.8) is 0 Å². The lowest BCUT2D eigenvalue weighted by molar-refractivity contribution is 0.486. The van der Waals surface area contributed by atoms with Gasteiger partial charge < -0.3 is 10.2 Å². The van der Waals surface area contributed by atoms with Crippen LogP contribution >= 0.6 is 35.3 Å². The Balaban J connectivity index is 0.00000225. The second-order valence-corrected chi connectivity index (χ2v) is 7.58. The van der Waals surface area contributed by atoms with E-state index in [1.165, 1.54) is 10.4 Å². The van der Waals surface area contributed by atoms with E-state index in [1.807, 2.05) is 17.9 Å². The number of guanidine groups is 1. The van der Waals surface area contributed by atoms with Crippen molar-refractivity contribution in [2.24, 2.45) is 12.0 Å². The summed E-state index contributed by atoms with van der Waals surface area (Å²) < 4.78 is 1.88. The van der Waals surface area contributed by atoms with Gasteiger partial charge in [-0.2, -0.15) is 5.10 Å². The molecule has 3 heterocycles. The molecule has 0 amide bonds. The number of hydrogen-bond acceptors (Lipinski definition) is 4. The fraction of sp³-hybridized carbons (Fsp3) is 0.588. The largest absolute Gasteiger partial charge is 0.357 e. The van der Waals surface area contributed by atoms with E-state index in [9.17, 15) is 0 Å². The molecule has 1 N–H and O–H groups in total. The number of rotatable bonds is 4. The van der Waals surface area contributed by atoms with Crippen LogP contribution in [0.25, 0.3) is 0 Å². The topological polar surface area (TPSA) is 58.3 Å². The normalized spacial score (nSPS) is 17.7. The van der Waals surface area contributed by atoms with E-state index in [0.717, 1.165) is 42.7 Å². The van der Waals surface area contributed by atoms with Crippen LogP contribution in [-0.4, -0.2) is 45.3 Å². The minimum atomic E-state index is 0. The van der Waals surface area contributed by atoms with E-state index >= 15 is 0 Å². The van der Waals surface area contributed by atoms with Crippen LogP contribution in [0.5, 0.6) is 0 Å². The van der Waals surface area contributed by atoms with Crippen molar-refractivity contribution in [1.82, 2.24) is 25.0 Å². The molecule has 8 heteroatoms. The lowest BCUT2D eigenvalue weighted by Gasteiger charge is -2.21. The van der Waals surface area contributed by atoms with Crippen LogP contribution in [0.15, 0.2) is 17.4 Å². The van der Waals surface area contributed by atoms with E-state index in [-0.39, 0.29) is 24.0 Å². The molecule has 1 atom stereocenters. The quantitative estimate of drug-likeness (QED) is 0.421. The number of aryl methyl sites for hydroxylation is 3. The van der Waals surface area contributed by atoms with Crippen LogP contribution < -0.4 is 5.32 Å². The van der Waals surface area contributed by atoms with Gasteiger partial charge in [-0.1, -0.05) is 0 Å². The van der Waals surface area contributed by atoms with Crippen LogP contribution in [0.2, 0.25) is 0 Å². The summed E-state index contributed by atoms with van der Waals surface area (Å²) in [5.41, 5.74) is 2.43. The number of aliphatic imine (C=N–C) groups is 1. The fourth-order valence-corrected chi connectivity index (χ4v) is 4.03. The number of halogens is 1. The van der Waals surface area contributed by atoms with Crippen molar-refractivity contribution in [1.29, 1.82) is 0 Å². The first kappa shape index (κ1) is 20.2. The Morgan fingerprint density at radius 1 is 1.44 bits per heavy atom. The van der Waals surface area contributed by atoms with Crippen LogP contribution in [0.1, 0.15) is 40.4 Å². The zero-order valence-corrected chi connectivity index (χ0v) is 18.5. The number of thiazole rings is 1. The summed E-state index contributed by atoms with van der Waals surface area (Å²) in [6.45, 7) is 9.85. The Hall–Kier alpha value is -1.16. The highest BCUT2D eigenvalue weighted by Gasteiger charge is 2.26. The number of likely N-dealkylation sites (tertiary alicyclic amines) is 1. The maximum Gasteiger partial charge on any atom is 0.194 e. The van der Waals surface area contributed by atoms with Crippen molar-refractivity contribution < 1.29 is 0 Å². The molecular weight excluding hydrogens is 447 g/mol. The van der Waals surface area contributed by atoms with Crippen LogP contribution in [0.3, 0.4) is 0 Å². The molecule has 1 aliphatic heterocycles. The van der Waals surface area contributed by atoms with Gasteiger partial charge in [-0.3, -0.25) is 4.68 Å². The summed E-state index contributed by atoms with van der Waals surface area (Å²) in [7, 11) is 1.97. The van der Waals surface area contributed by atoms with Gasteiger partial charge in [-0.05, 0) is 32.8 Å². The third-order valence-electron chi connectivity index (χ3n) is 4.39. The maximum absolute atomic E-state index is 4.85. The van der Waals surface area contributed by atoms with Crippen molar-refractivity contribution >= 4 is 41.3 Å². The predicted octanol–water partition coefficient (Wildman–Crippen LogP) is 3.07. The van der Waals surface area contributed by atoms with E-state index in [0.29, 0.717) is 12.5 Å². The molecule has 25 heavy (non-hydrogen) atoms. The number of aromatic nitrogens is 3. The second-order valence-electron chi connectivity index (χ2n) is 6.29. The summed E-state index contributed by atoms with van der Waals surface area (Å²) in [6.07, 6.45) is 5.26. The molecule has 0 bridgehead atoms. The van der Waals surface area contributed by atoms with Crippen molar-refractivity contribution in [3.05, 3.63) is 33.5 Å². The van der Waals surface area contributed by atoms with E-state index in [1.54, 1.807) is 11.3 Å². The van der Waals surface area contributed by atoms with Gasteiger partial charge in [0.25, 0.3) is 0 Å². The summed E-state index contributed by atoms with van der Waals surface area (Å²) in [5, 5.41) is 8.85. The standard InChI is InChI=1S/C17H26N6S.HI/c1-5-18-17(19-9-16-12(2)21-13(3)24-16)23-7-6-14(11-23)15-8-20-22(4)10-15;/h8,10,14H,5-7,9,11H2,1-4H3,(H,18,19);1H. The molecule has 1 saturated heterocycles. The third-order valence-corrected chi connectivity index (χ3v) is 5.45. The Morgan fingerprint density at radius 2 is 2.24 bits per heavy atom. The molecule has 6 nitrogen and oxygen atoms in total. The third kappa shape index (κ3) is 4.93. The van der Waals surface area contributed by atoms with Crippen molar-refractivity contribution in [2.75, 3.05) is 19.6 Å². The average Bonchev–Trinajstić information content (AvgIpc) is 3.24. The minimum Gasteiger partial charge on any atom is -0.357 e. The van der Waals surface area contributed by atoms with Gasteiger partial charge in [-0.25, -0.2) is 9.98 Å². The molecule has 0 saturated carbocycles. The van der Waals surface area contributed by atoms with Crippen LogP contribution in [0.4, 0.5) is 0 Å². The van der Waals surface area contributed by atoms with Crippen molar-refractivity contribution in [2.45, 2.75) is 39.7 Å². The summed E-state index contributed by atoms with van der Waals surface area (Å²) in [6, 6.07) is 0.